The molecule has 0 fully saturated rings. The van der Waals surface area contributed by atoms with Crippen molar-refractivity contribution in [3.05, 3.63) is 59.4 Å². The standard InChI is InChI=1S/C17H18FNO3/c1-3-22-15-9-8-12(10-16(15)21-2)17(20)19-11-13-6-4-5-7-14(13)18/h4-10H,3,11H2,1-2H3,(H,19,20). The molecule has 0 bridgehead atoms. The van der Waals surface area contributed by atoms with E-state index in [1.807, 2.05) is 6.92 Å². The molecule has 0 saturated carbocycles. The highest BCUT2D eigenvalue weighted by Crippen LogP contribution is 2.28. The van der Waals surface area contributed by atoms with Crippen LogP contribution in [0.1, 0.15) is 22.8 Å². The van der Waals surface area contributed by atoms with Gasteiger partial charge in [-0.15, -0.1) is 0 Å². The summed E-state index contributed by atoms with van der Waals surface area (Å²) in [4.78, 5) is 12.1. The molecule has 1 amide bonds. The van der Waals surface area contributed by atoms with Crippen LogP contribution < -0.4 is 14.8 Å². The Bertz CT molecular complexity index is 658. The number of carbonyl (C=O) groups is 1. The van der Waals surface area contributed by atoms with Crippen molar-refractivity contribution in [1.82, 2.24) is 5.32 Å². The second-order valence-electron chi connectivity index (χ2n) is 4.57. The first kappa shape index (κ1) is 15.8. The quantitative estimate of drug-likeness (QED) is 0.891. The van der Waals surface area contributed by atoms with Crippen LogP contribution in [-0.2, 0) is 6.54 Å². The predicted octanol–water partition coefficient (Wildman–Crippen LogP) is 3.16. The Morgan fingerprint density at radius 2 is 1.95 bits per heavy atom. The number of hydrogen-bond donors (Lipinski definition) is 1. The number of benzene rings is 2. The summed E-state index contributed by atoms with van der Waals surface area (Å²) in [6.07, 6.45) is 0. The zero-order valence-electron chi connectivity index (χ0n) is 12.6. The number of nitrogens with one attached hydrogen (secondary N) is 1. The third-order valence-electron chi connectivity index (χ3n) is 3.12. The summed E-state index contributed by atoms with van der Waals surface area (Å²) in [5.74, 6) is 0.424. The van der Waals surface area contributed by atoms with Gasteiger partial charge in [0.2, 0.25) is 0 Å². The summed E-state index contributed by atoms with van der Waals surface area (Å²) < 4.78 is 24.1. The molecular formula is C17H18FNO3. The summed E-state index contributed by atoms with van der Waals surface area (Å²) in [6, 6.07) is 11.3. The van der Waals surface area contributed by atoms with Crippen molar-refractivity contribution in [3.63, 3.8) is 0 Å². The molecule has 2 aromatic carbocycles. The van der Waals surface area contributed by atoms with Crippen LogP contribution in [0.4, 0.5) is 4.39 Å². The average Bonchev–Trinajstić information content (AvgIpc) is 2.54. The first-order valence-corrected chi connectivity index (χ1v) is 6.98. The minimum atomic E-state index is -0.341. The summed E-state index contributed by atoms with van der Waals surface area (Å²) in [5, 5.41) is 2.68. The summed E-state index contributed by atoms with van der Waals surface area (Å²) in [5.41, 5.74) is 0.866. The third-order valence-corrected chi connectivity index (χ3v) is 3.12. The third kappa shape index (κ3) is 3.75. The summed E-state index contributed by atoms with van der Waals surface area (Å²) in [7, 11) is 1.51. The molecule has 0 spiro atoms. The Morgan fingerprint density at radius 1 is 1.18 bits per heavy atom. The van der Waals surface area contributed by atoms with Gasteiger partial charge in [0.05, 0.1) is 13.7 Å². The zero-order chi connectivity index (χ0) is 15.9. The van der Waals surface area contributed by atoms with Crippen molar-refractivity contribution >= 4 is 5.91 Å². The monoisotopic (exact) mass is 303 g/mol. The SMILES string of the molecule is CCOc1ccc(C(=O)NCc2ccccc2F)cc1OC. The van der Waals surface area contributed by atoms with Gasteiger partial charge in [-0.25, -0.2) is 4.39 Å². The van der Waals surface area contributed by atoms with E-state index >= 15 is 0 Å². The molecule has 0 heterocycles. The molecular weight excluding hydrogens is 285 g/mol. The molecule has 0 aliphatic heterocycles. The second kappa shape index (κ2) is 7.45. The number of ether oxygens (including phenoxy) is 2. The van der Waals surface area contributed by atoms with Crippen molar-refractivity contribution in [2.45, 2.75) is 13.5 Å². The van der Waals surface area contributed by atoms with Crippen LogP contribution >= 0.6 is 0 Å². The van der Waals surface area contributed by atoms with E-state index in [1.165, 1.54) is 13.2 Å². The number of amides is 1. The van der Waals surface area contributed by atoms with Gasteiger partial charge in [0, 0.05) is 17.7 Å². The highest BCUT2D eigenvalue weighted by atomic mass is 19.1. The van der Waals surface area contributed by atoms with E-state index in [9.17, 15) is 9.18 Å². The van der Waals surface area contributed by atoms with Crippen LogP contribution in [0, 0.1) is 5.82 Å². The van der Waals surface area contributed by atoms with Gasteiger partial charge >= 0.3 is 0 Å². The lowest BCUT2D eigenvalue weighted by atomic mass is 10.1. The molecule has 0 radical (unpaired) electrons. The van der Waals surface area contributed by atoms with E-state index in [0.29, 0.717) is 29.2 Å². The van der Waals surface area contributed by atoms with Gasteiger partial charge < -0.3 is 14.8 Å². The van der Waals surface area contributed by atoms with E-state index in [-0.39, 0.29) is 18.3 Å². The van der Waals surface area contributed by atoms with Crippen molar-refractivity contribution in [1.29, 1.82) is 0 Å². The van der Waals surface area contributed by atoms with Crippen LogP contribution in [-0.4, -0.2) is 19.6 Å². The molecule has 0 aliphatic carbocycles. The van der Waals surface area contributed by atoms with Crippen molar-refractivity contribution in [2.24, 2.45) is 0 Å². The van der Waals surface area contributed by atoms with Gasteiger partial charge in [-0.3, -0.25) is 4.79 Å². The first-order chi connectivity index (χ1) is 10.7. The maximum Gasteiger partial charge on any atom is 0.251 e. The number of hydrogen-bond acceptors (Lipinski definition) is 3. The molecule has 0 unspecified atom stereocenters. The maximum absolute atomic E-state index is 13.5. The molecule has 2 rings (SSSR count). The summed E-state index contributed by atoms with van der Waals surface area (Å²) >= 11 is 0. The molecule has 2 aromatic rings. The Hall–Kier alpha value is -2.56. The van der Waals surface area contributed by atoms with E-state index in [2.05, 4.69) is 5.32 Å². The molecule has 22 heavy (non-hydrogen) atoms. The Labute approximate surface area is 128 Å². The van der Waals surface area contributed by atoms with Crippen molar-refractivity contribution < 1.29 is 18.7 Å². The van der Waals surface area contributed by atoms with Gasteiger partial charge in [-0.2, -0.15) is 0 Å². The van der Waals surface area contributed by atoms with Gasteiger partial charge in [0.25, 0.3) is 5.91 Å². The van der Waals surface area contributed by atoms with Crippen molar-refractivity contribution in [2.75, 3.05) is 13.7 Å². The normalized spacial score (nSPS) is 10.1. The van der Waals surface area contributed by atoms with E-state index < -0.39 is 0 Å². The van der Waals surface area contributed by atoms with Crippen LogP contribution in [0.15, 0.2) is 42.5 Å². The minimum absolute atomic E-state index is 0.126. The Morgan fingerprint density at radius 3 is 2.64 bits per heavy atom. The number of halogens is 1. The zero-order valence-corrected chi connectivity index (χ0v) is 12.6. The Balaban J connectivity index is 2.08. The first-order valence-electron chi connectivity index (χ1n) is 6.98. The lowest BCUT2D eigenvalue weighted by Gasteiger charge is -2.11. The lowest BCUT2D eigenvalue weighted by molar-refractivity contribution is 0.0950. The number of methoxy groups -OCH3 is 1. The van der Waals surface area contributed by atoms with Crippen LogP contribution in [0.25, 0.3) is 0 Å². The number of carbonyl (C=O) groups excluding carboxylic acids is 1. The fourth-order valence-corrected chi connectivity index (χ4v) is 2.00. The van der Waals surface area contributed by atoms with Crippen LogP contribution in [0.5, 0.6) is 11.5 Å². The molecule has 4 nitrogen and oxygen atoms in total. The summed E-state index contributed by atoms with van der Waals surface area (Å²) in [6.45, 7) is 2.50. The molecule has 1 N–H and O–H groups in total. The predicted molar refractivity (Wildman–Crippen MR) is 81.7 cm³/mol. The van der Waals surface area contributed by atoms with E-state index in [1.54, 1.807) is 36.4 Å². The molecule has 5 heteroatoms. The second-order valence-corrected chi connectivity index (χ2v) is 4.57. The molecule has 116 valence electrons. The highest BCUT2D eigenvalue weighted by Gasteiger charge is 2.11. The van der Waals surface area contributed by atoms with E-state index in [4.69, 9.17) is 9.47 Å². The number of rotatable bonds is 6. The topological polar surface area (TPSA) is 47.6 Å². The lowest BCUT2D eigenvalue weighted by Crippen LogP contribution is -2.23. The van der Waals surface area contributed by atoms with Crippen LogP contribution in [0.2, 0.25) is 0 Å². The van der Waals surface area contributed by atoms with Gasteiger partial charge in [0.15, 0.2) is 11.5 Å². The maximum atomic E-state index is 13.5. The van der Waals surface area contributed by atoms with Gasteiger partial charge in [0.1, 0.15) is 5.82 Å². The smallest absolute Gasteiger partial charge is 0.251 e. The fraction of sp³-hybridized carbons (Fsp3) is 0.235. The Kier molecular flexibility index (Phi) is 5.36. The minimum Gasteiger partial charge on any atom is -0.493 e. The highest BCUT2D eigenvalue weighted by molar-refractivity contribution is 5.94. The molecule has 0 aliphatic rings. The van der Waals surface area contributed by atoms with Gasteiger partial charge in [-0.1, -0.05) is 18.2 Å². The largest absolute Gasteiger partial charge is 0.493 e. The molecule has 0 saturated heterocycles. The molecule has 0 atom stereocenters. The van der Waals surface area contributed by atoms with E-state index in [0.717, 1.165) is 0 Å². The fourth-order valence-electron chi connectivity index (χ4n) is 2.00. The van der Waals surface area contributed by atoms with Gasteiger partial charge in [-0.05, 0) is 31.2 Å². The van der Waals surface area contributed by atoms with Crippen molar-refractivity contribution in [3.8, 4) is 11.5 Å². The van der Waals surface area contributed by atoms with Crippen LogP contribution in [0.3, 0.4) is 0 Å². The molecule has 0 aromatic heterocycles. The average molecular weight is 303 g/mol.